The molecule has 3 N–H and O–H groups in total. The number of benzene rings is 1. The molecule has 84 valence electrons. The SMILES string of the molecule is CC(C)(C)CNCc1ccc(O)cc1O. The van der Waals surface area contributed by atoms with Crippen LogP contribution in [-0.4, -0.2) is 16.8 Å². The molecular formula is C12H19NO2. The predicted molar refractivity (Wildman–Crippen MR) is 60.9 cm³/mol. The summed E-state index contributed by atoms with van der Waals surface area (Å²) in [5.74, 6) is 0.225. The standard InChI is InChI=1S/C12H19NO2/c1-12(2,3)8-13-7-9-4-5-10(14)6-11(9)15/h4-6,13-15H,7-8H2,1-3H3. The maximum absolute atomic E-state index is 9.52. The first kappa shape index (κ1) is 11.9. The van der Waals surface area contributed by atoms with Crippen LogP contribution < -0.4 is 5.32 Å². The van der Waals surface area contributed by atoms with E-state index in [1.165, 1.54) is 6.07 Å². The summed E-state index contributed by atoms with van der Waals surface area (Å²) < 4.78 is 0. The Labute approximate surface area is 90.8 Å². The van der Waals surface area contributed by atoms with Gasteiger partial charge in [-0.05, 0) is 11.5 Å². The molecule has 0 amide bonds. The maximum Gasteiger partial charge on any atom is 0.123 e. The number of phenolic OH excluding ortho intramolecular Hbond substituents is 2. The zero-order valence-corrected chi connectivity index (χ0v) is 9.54. The fourth-order valence-electron chi connectivity index (χ4n) is 1.27. The Morgan fingerprint density at radius 2 is 1.87 bits per heavy atom. The molecule has 0 bridgehead atoms. The number of hydrogen-bond acceptors (Lipinski definition) is 3. The highest BCUT2D eigenvalue weighted by atomic mass is 16.3. The van der Waals surface area contributed by atoms with Gasteiger partial charge in [-0.3, -0.25) is 0 Å². The molecule has 0 fully saturated rings. The van der Waals surface area contributed by atoms with Crippen molar-refractivity contribution >= 4 is 0 Å². The topological polar surface area (TPSA) is 52.5 Å². The van der Waals surface area contributed by atoms with E-state index in [-0.39, 0.29) is 16.9 Å². The van der Waals surface area contributed by atoms with E-state index in [4.69, 9.17) is 5.11 Å². The smallest absolute Gasteiger partial charge is 0.123 e. The lowest BCUT2D eigenvalue weighted by Crippen LogP contribution is -2.26. The molecule has 0 aliphatic heterocycles. The van der Waals surface area contributed by atoms with Crippen molar-refractivity contribution in [3.8, 4) is 11.5 Å². The second-order valence-electron chi connectivity index (χ2n) is 4.98. The van der Waals surface area contributed by atoms with Crippen molar-refractivity contribution in [3.05, 3.63) is 23.8 Å². The summed E-state index contributed by atoms with van der Waals surface area (Å²) in [6.07, 6.45) is 0. The van der Waals surface area contributed by atoms with Crippen LogP contribution in [0, 0.1) is 5.41 Å². The molecule has 0 radical (unpaired) electrons. The van der Waals surface area contributed by atoms with Gasteiger partial charge in [0.2, 0.25) is 0 Å². The van der Waals surface area contributed by atoms with Gasteiger partial charge in [0.25, 0.3) is 0 Å². The normalized spacial score (nSPS) is 11.7. The second-order valence-corrected chi connectivity index (χ2v) is 4.98. The van der Waals surface area contributed by atoms with Crippen molar-refractivity contribution in [2.45, 2.75) is 27.3 Å². The van der Waals surface area contributed by atoms with E-state index in [0.29, 0.717) is 6.54 Å². The zero-order valence-electron chi connectivity index (χ0n) is 9.54. The second kappa shape index (κ2) is 4.53. The summed E-state index contributed by atoms with van der Waals surface area (Å²) >= 11 is 0. The summed E-state index contributed by atoms with van der Waals surface area (Å²) in [5.41, 5.74) is 1.03. The lowest BCUT2D eigenvalue weighted by molar-refractivity contribution is 0.376. The van der Waals surface area contributed by atoms with E-state index in [1.807, 2.05) is 0 Å². The Hall–Kier alpha value is -1.22. The summed E-state index contributed by atoms with van der Waals surface area (Å²) in [4.78, 5) is 0. The van der Waals surface area contributed by atoms with Gasteiger partial charge < -0.3 is 15.5 Å². The van der Waals surface area contributed by atoms with Crippen molar-refractivity contribution in [2.75, 3.05) is 6.54 Å². The third-order valence-corrected chi connectivity index (χ3v) is 2.04. The van der Waals surface area contributed by atoms with Gasteiger partial charge in [0, 0.05) is 24.7 Å². The highest BCUT2D eigenvalue weighted by Gasteiger charge is 2.09. The number of rotatable bonds is 3. The molecule has 0 saturated carbocycles. The fourth-order valence-corrected chi connectivity index (χ4v) is 1.27. The van der Waals surface area contributed by atoms with E-state index in [9.17, 15) is 5.11 Å². The maximum atomic E-state index is 9.52. The van der Waals surface area contributed by atoms with Gasteiger partial charge in [-0.2, -0.15) is 0 Å². The van der Waals surface area contributed by atoms with Crippen LogP contribution in [0.5, 0.6) is 11.5 Å². The van der Waals surface area contributed by atoms with Gasteiger partial charge >= 0.3 is 0 Å². The lowest BCUT2D eigenvalue weighted by atomic mass is 9.97. The Balaban J connectivity index is 2.51. The van der Waals surface area contributed by atoms with Crippen LogP contribution in [0.25, 0.3) is 0 Å². The van der Waals surface area contributed by atoms with Gasteiger partial charge in [-0.25, -0.2) is 0 Å². The predicted octanol–water partition coefficient (Wildman–Crippen LogP) is 2.23. The quantitative estimate of drug-likeness (QED) is 0.715. The minimum Gasteiger partial charge on any atom is -0.508 e. The van der Waals surface area contributed by atoms with Crippen molar-refractivity contribution in [3.63, 3.8) is 0 Å². The molecule has 0 spiro atoms. The van der Waals surface area contributed by atoms with E-state index in [0.717, 1.165) is 12.1 Å². The molecule has 0 heterocycles. The molecule has 3 heteroatoms. The minimum absolute atomic E-state index is 0.0899. The number of aromatic hydroxyl groups is 2. The summed E-state index contributed by atoms with van der Waals surface area (Å²) in [6, 6.07) is 4.66. The van der Waals surface area contributed by atoms with Crippen LogP contribution in [-0.2, 0) is 6.54 Å². The van der Waals surface area contributed by atoms with Gasteiger partial charge in [0.05, 0.1) is 0 Å². The highest BCUT2D eigenvalue weighted by molar-refractivity contribution is 5.38. The third-order valence-electron chi connectivity index (χ3n) is 2.04. The van der Waals surface area contributed by atoms with Crippen molar-refractivity contribution in [1.82, 2.24) is 5.32 Å². The fraction of sp³-hybridized carbons (Fsp3) is 0.500. The largest absolute Gasteiger partial charge is 0.508 e. The van der Waals surface area contributed by atoms with Crippen LogP contribution in [0.15, 0.2) is 18.2 Å². The molecule has 0 saturated heterocycles. The average molecular weight is 209 g/mol. The van der Waals surface area contributed by atoms with Crippen molar-refractivity contribution in [1.29, 1.82) is 0 Å². The molecule has 0 aliphatic carbocycles. The van der Waals surface area contributed by atoms with E-state index in [1.54, 1.807) is 12.1 Å². The van der Waals surface area contributed by atoms with Crippen LogP contribution in [0.4, 0.5) is 0 Å². The summed E-state index contributed by atoms with van der Waals surface area (Å²) in [5, 5.41) is 21.9. The number of nitrogens with one attached hydrogen (secondary N) is 1. The van der Waals surface area contributed by atoms with E-state index in [2.05, 4.69) is 26.1 Å². The van der Waals surface area contributed by atoms with Crippen molar-refractivity contribution in [2.24, 2.45) is 5.41 Å². The first-order chi connectivity index (χ1) is 6.88. The molecular weight excluding hydrogens is 190 g/mol. The highest BCUT2D eigenvalue weighted by Crippen LogP contribution is 2.22. The molecule has 1 aromatic carbocycles. The van der Waals surface area contributed by atoms with Gasteiger partial charge in [0.15, 0.2) is 0 Å². The van der Waals surface area contributed by atoms with Gasteiger partial charge in [0.1, 0.15) is 11.5 Å². The van der Waals surface area contributed by atoms with Crippen LogP contribution >= 0.6 is 0 Å². The van der Waals surface area contributed by atoms with Crippen LogP contribution in [0.3, 0.4) is 0 Å². The van der Waals surface area contributed by atoms with Crippen LogP contribution in [0.2, 0.25) is 0 Å². The Morgan fingerprint density at radius 3 is 2.40 bits per heavy atom. The Kier molecular flexibility index (Phi) is 3.58. The Morgan fingerprint density at radius 1 is 1.20 bits per heavy atom. The molecule has 0 atom stereocenters. The lowest BCUT2D eigenvalue weighted by Gasteiger charge is -2.19. The van der Waals surface area contributed by atoms with Crippen LogP contribution in [0.1, 0.15) is 26.3 Å². The van der Waals surface area contributed by atoms with E-state index >= 15 is 0 Å². The molecule has 1 rings (SSSR count). The third kappa shape index (κ3) is 4.21. The first-order valence-corrected chi connectivity index (χ1v) is 5.10. The summed E-state index contributed by atoms with van der Waals surface area (Å²) in [7, 11) is 0. The molecule has 0 aromatic heterocycles. The molecule has 1 aromatic rings. The molecule has 0 unspecified atom stereocenters. The minimum atomic E-state index is 0.0899. The number of hydrogen-bond donors (Lipinski definition) is 3. The molecule has 3 nitrogen and oxygen atoms in total. The molecule has 15 heavy (non-hydrogen) atoms. The van der Waals surface area contributed by atoms with Crippen molar-refractivity contribution < 1.29 is 10.2 Å². The van der Waals surface area contributed by atoms with Gasteiger partial charge in [-0.1, -0.05) is 26.8 Å². The monoisotopic (exact) mass is 209 g/mol. The van der Waals surface area contributed by atoms with Gasteiger partial charge in [-0.15, -0.1) is 0 Å². The summed E-state index contributed by atoms with van der Waals surface area (Å²) in [6.45, 7) is 7.95. The first-order valence-electron chi connectivity index (χ1n) is 5.10. The van der Waals surface area contributed by atoms with E-state index < -0.39 is 0 Å². The number of phenols is 2. The Bertz CT molecular complexity index is 329. The average Bonchev–Trinajstić information content (AvgIpc) is 2.07. The zero-order chi connectivity index (χ0) is 11.5. The molecule has 0 aliphatic rings.